The van der Waals surface area contributed by atoms with Crippen LogP contribution in [0, 0.1) is 0 Å². The van der Waals surface area contributed by atoms with Crippen LogP contribution in [0.15, 0.2) is 42.5 Å². The fraction of sp³-hybridized carbons (Fsp3) is 0.519. The van der Waals surface area contributed by atoms with Crippen molar-refractivity contribution in [1.29, 1.82) is 0 Å². The Kier molecular flexibility index (Phi) is 8.00. The zero-order chi connectivity index (χ0) is 25.8. The molecule has 2 aliphatic heterocycles. The number of carbonyl (C=O) groups is 1. The second-order valence-electron chi connectivity index (χ2n) is 9.77. The molecule has 1 atom stereocenters. The predicted octanol–water partition coefficient (Wildman–Crippen LogP) is 5.78. The molecule has 1 saturated heterocycles. The molecule has 2 aromatic rings. The molecular weight excluding hydrogens is 470 g/mol. The van der Waals surface area contributed by atoms with Crippen molar-refractivity contribution in [3.63, 3.8) is 0 Å². The number of amides is 1. The molecular formula is C27H34F2N2O5. The van der Waals surface area contributed by atoms with Gasteiger partial charge in [0.2, 0.25) is 5.79 Å². The average Bonchev–Trinajstić information content (AvgIpc) is 3.20. The lowest BCUT2D eigenvalue weighted by Crippen LogP contribution is -2.35. The monoisotopic (exact) mass is 504 g/mol. The molecule has 36 heavy (non-hydrogen) atoms. The van der Waals surface area contributed by atoms with Crippen molar-refractivity contribution in [2.45, 2.75) is 64.0 Å². The number of anilines is 1. The summed E-state index contributed by atoms with van der Waals surface area (Å²) >= 11 is 0. The van der Waals surface area contributed by atoms with Gasteiger partial charge in [-0.1, -0.05) is 31.0 Å². The van der Waals surface area contributed by atoms with E-state index >= 15 is 0 Å². The summed E-state index contributed by atoms with van der Waals surface area (Å²) in [7, 11) is 0. The molecule has 7 nitrogen and oxygen atoms in total. The summed E-state index contributed by atoms with van der Waals surface area (Å²) in [5.74, 6) is -2.94. The van der Waals surface area contributed by atoms with Crippen molar-refractivity contribution in [3.05, 3.63) is 59.2 Å². The SMILES string of the molecule is CC1(C)OCc2cc(C3CN(CCCCCCOCC(F)(F)c4cccc(N)c4)C(=O)O3)ccc2O1. The molecule has 0 radical (unpaired) electrons. The number of nitrogen functional groups attached to an aromatic ring is 1. The highest BCUT2D eigenvalue weighted by atomic mass is 19.3. The summed E-state index contributed by atoms with van der Waals surface area (Å²) < 4.78 is 50.7. The van der Waals surface area contributed by atoms with Crippen LogP contribution >= 0.6 is 0 Å². The molecule has 2 aliphatic rings. The van der Waals surface area contributed by atoms with Crippen molar-refractivity contribution in [1.82, 2.24) is 4.90 Å². The Bertz CT molecular complexity index is 1060. The van der Waals surface area contributed by atoms with Gasteiger partial charge in [-0.05, 0) is 42.7 Å². The Morgan fingerprint density at radius 2 is 1.94 bits per heavy atom. The molecule has 4 rings (SSSR count). The van der Waals surface area contributed by atoms with Gasteiger partial charge in [-0.25, -0.2) is 4.79 Å². The van der Waals surface area contributed by atoms with Crippen LogP contribution in [0.4, 0.5) is 19.3 Å². The second-order valence-corrected chi connectivity index (χ2v) is 9.77. The number of fused-ring (bicyclic) bond motifs is 1. The Labute approximate surface area is 210 Å². The maximum absolute atomic E-state index is 14.2. The van der Waals surface area contributed by atoms with Gasteiger partial charge in [0.05, 0.1) is 13.2 Å². The van der Waals surface area contributed by atoms with E-state index in [0.717, 1.165) is 36.1 Å². The minimum atomic E-state index is -3.07. The first-order valence-electron chi connectivity index (χ1n) is 12.4. The van der Waals surface area contributed by atoms with Crippen molar-refractivity contribution in [3.8, 4) is 5.75 Å². The lowest BCUT2D eigenvalue weighted by molar-refractivity contribution is -0.180. The number of cyclic esters (lactones) is 1. The lowest BCUT2D eigenvalue weighted by Gasteiger charge is -2.32. The fourth-order valence-corrected chi connectivity index (χ4v) is 4.33. The topological polar surface area (TPSA) is 83.2 Å². The molecule has 1 fully saturated rings. The van der Waals surface area contributed by atoms with E-state index in [2.05, 4.69) is 0 Å². The second kappa shape index (κ2) is 11.0. The summed E-state index contributed by atoms with van der Waals surface area (Å²) in [5.41, 5.74) is 7.61. The van der Waals surface area contributed by atoms with Gasteiger partial charge in [-0.15, -0.1) is 0 Å². The minimum Gasteiger partial charge on any atom is -0.463 e. The van der Waals surface area contributed by atoms with Crippen molar-refractivity contribution in [2.75, 3.05) is 32.0 Å². The summed E-state index contributed by atoms with van der Waals surface area (Å²) in [6.45, 7) is 4.86. The molecule has 0 aliphatic carbocycles. The van der Waals surface area contributed by atoms with E-state index in [1.165, 1.54) is 18.2 Å². The van der Waals surface area contributed by atoms with Gasteiger partial charge in [-0.3, -0.25) is 0 Å². The normalized spacial score (nSPS) is 19.1. The number of ether oxygens (including phenoxy) is 4. The number of alkyl halides is 2. The molecule has 9 heteroatoms. The Morgan fingerprint density at radius 3 is 2.75 bits per heavy atom. The third-order valence-electron chi connectivity index (χ3n) is 6.33. The van der Waals surface area contributed by atoms with E-state index in [-0.39, 0.29) is 24.4 Å². The number of hydrogen-bond acceptors (Lipinski definition) is 6. The number of benzene rings is 2. The summed E-state index contributed by atoms with van der Waals surface area (Å²) in [4.78, 5) is 14.0. The summed E-state index contributed by atoms with van der Waals surface area (Å²) in [6.07, 6.45) is 2.54. The molecule has 0 aromatic heterocycles. The van der Waals surface area contributed by atoms with E-state index in [4.69, 9.17) is 24.7 Å². The molecule has 0 saturated carbocycles. The average molecular weight is 505 g/mol. The first-order valence-corrected chi connectivity index (χ1v) is 12.4. The largest absolute Gasteiger partial charge is 0.463 e. The van der Waals surface area contributed by atoms with Crippen LogP contribution in [0.3, 0.4) is 0 Å². The molecule has 1 unspecified atom stereocenters. The molecule has 2 heterocycles. The molecule has 2 N–H and O–H groups in total. The highest BCUT2D eigenvalue weighted by molar-refractivity contribution is 5.70. The van der Waals surface area contributed by atoms with Gasteiger partial charge in [0, 0.05) is 43.8 Å². The molecule has 196 valence electrons. The van der Waals surface area contributed by atoms with E-state index in [1.807, 2.05) is 32.0 Å². The third kappa shape index (κ3) is 6.64. The van der Waals surface area contributed by atoms with Crippen LogP contribution < -0.4 is 10.5 Å². The number of unbranched alkanes of at least 4 members (excludes halogenated alkanes) is 3. The van der Waals surface area contributed by atoms with Gasteiger partial charge < -0.3 is 29.6 Å². The number of rotatable bonds is 11. The van der Waals surface area contributed by atoms with Crippen LogP contribution in [0.25, 0.3) is 0 Å². The maximum Gasteiger partial charge on any atom is 0.410 e. The van der Waals surface area contributed by atoms with E-state index < -0.39 is 18.3 Å². The quantitative estimate of drug-likeness (QED) is 0.309. The van der Waals surface area contributed by atoms with Gasteiger partial charge in [0.1, 0.15) is 18.5 Å². The van der Waals surface area contributed by atoms with Crippen LogP contribution in [0.1, 0.15) is 62.3 Å². The molecule has 0 bridgehead atoms. The van der Waals surface area contributed by atoms with Crippen LogP contribution in [0.5, 0.6) is 5.75 Å². The Hall–Kier alpha value is -2.91. The van der Waals surface area contributed by atoms with E-state index in [9.17, 15) is 13.6 Å². The number of hydrogen-bond donors (Lipinski definition) is 1. The highest BCUT2D eigenvalue weighted by Gasteiger charge is 2.34. The third-order valence-corrected chi connectivity index (χ3v) is 6.33. The molecule has 1 amide bonds. The van der Waals surface area contributed by atoms with Gasteiger partial charge in [0.25, 0.3) is 5.92 Å². The number of nitrogens with two attached hydrogens (primary N) is 1. The van der Waals surface area contributed by atoms with Crippen LogP contribution in [-0.2, 0) is 26.7 Å². The smallest absolute Gasteiger partial charge is 0.410 e. The summed E-state index contributed by atoms with van der Waals surface area (Å²) in [6, 6.07) is 11.5. The Balaban J connectivity index is 1.13. The zero-order valence-electron chi connectivity index (χ0n) is 20.8. The van der Waals surface area contributed by atoms with E-state index in [0.29, 0.717) is 31.8 Å². The van der Waals surface area contributed by atoms with Gasteiger partial charge in [-0.2, -0.15) is 8.78 Å². The standard InChI is InChI=1S/C27H34F2N2O5/c1-26(2)34-17-20-14-19(10-11-23(20)36-26)24-16-31(25(32)35-24)12-5-3-4-6-13-33-18-27(28,29)21-8-7-9-22(30)15-21/h7-11,14-15,24H,3-6,12-13,16-18,30H2,1-2H3. The highest BCUT2D eigenvalue weighted by Crippen LogP contribution is 2.35. The summed E-state index contributed by atoms with van der Waals surface area (Å²) in [5, 5.41) is 0. The molecule has 0 spiro atoms. The zero-order valence-corrected chi connectivity index (χ0v) is 20.8. The van der Waals surface area contributed by atoms with Gasteiger partial charge >= 0.3 is 6.09 Å². The number of carbonyl (C=O) groups excluding carboxylic acids is 1. The van der Waals surface area contributed by atoms with Crippen molar-refractivity contribution < 1.29 is 32.5 Å². The number of halogens is 2. The van der Waals surface area contributed by atoms with Crippen LogP contribution in [-0.4, -0.2) is 43.1 Å². The molecule has 2 aromatic carbocycles. The van der Waals surface area contributed by atoms with Gasteiger partial charge in [0.15, 0.2) is 0 Å². The Morgan fingerprint density at radius 1 is 1.14 bits per heavy atom. The van der Waals surface area contributed by atoms with Crippen molar-refractivity contribution >= 4 is 11.8 Å². The number of nitrogens with zero attached hydrogens (tertiary/aromatic N) is 1. The lowest BCUT2D eigenvalue weighted by atomic mass is 10.0. The predicted molar refractivity (Wildman–Crippen MR) is 131 cm³/mol. The first-order chi connectivity index (χ1) is 17.1. The first kappa shape index (κ1) is 26.2. The maximum atomic E-state index is 14.2. The fourth-order valence-electron chi connectivity index (χ4n) is 4.33. The minimum absolute atomic E-state index is 0.140. The van der Waals surface area contributed by atoms with Crippen LogP contribution in [0.2, 0.25) is 0 Å². The van der Waals surface area contributed by atoms with Crippen molar-refractivity contribution in [2.24, 2.45) is 0 Å². The van der Waals surface area contributed by atoms with E-state index in [1.54, 1.807) is 11.0 Å².